The average Bonchev–Trinajstić information content (AvgIpc) is 2.26. The lowest BCUT2D eigenvalue weighted by molar-refractivity contribution is -0.137. The molecule has 4 heteroatoms. The number of hydrogen-bond donors (Lipinski definition) is 2. The molecule has 0 radical (unpaired) electrons. The minimum Gasteiger partial charge on any atom is -0.480 e. The van der Waals surface area contributed by atoms with Gasteiger partial charge in [-0.15, -0.1) is 0 Å². The molecule has 1 atom stereocenters. The SMILES string of the molecule is CCC(Nc1ccc(CN(C)C)cc1)C(=O)O. The van der Waals surface area contributed by atoms with Gasteiger partial charge in [0.15, 0.2) is 0 Å². The van der Waals surface area contributed by atoms with E-state index in [4.69, 9.17) is 5.11 Å². The standard InChI is InChI=1S/C13H20N2O2/c1-4-12(13(16)17)14-11-7-5-10(6-8-11)9-15(2)3/h5-8,12,14H,4,9H2,1-3H3,(H,16,17). The van der Waals surface area contributed by atoms with Crippen molar-refractivity contribution in [2.24, 2.45) is 0 Å². The molecule has 0 aromatic heterocycles. The number of nitrogens with zero attached hydrogens (tertiary/aromatic N) is 1. The van der Waals surface area contributed by atoms with E-state index in [2.05, 4.69) is 10.2 Å². The zero-order chi connectivity index (χ0) is 12.8. The maximum absolute atomic E-state index is 10.9. The number of anilines is 1. The van der Waals surface area contributed by atoms with Crippen LogP contribution in [0.25, 0.3) is 0 Å². The molecule has 0 spiro atoms. The second-order valence-electron chi connectivity index (χ2n) is 4.38. The molecule has 1 aromatic carbocycles. The van der Waals surface area contributed by atoms with Gasteiger partial charge in [0.25, 0.3) is 0 Å². The van der Waals surface area contributed by atoms with E-state index in [1.165, 1.54) is 5.56 Å². The number of carbonyl (C=O) groups is 1. The highest BCUT2D eigenvalue weighted by molar-refractivity contribution is 5.77. The first-order valence-electron chi connectivity index (χ1n) is 5.76. The van der Waals surface area contributed by atoms with Gasteiger partial charge in [0.2, 0.25) is 0 Å². The first-order chi connectivity index (χ1) is 8.02. The maximum atomic E-state index is 10.9. The van der Waals surface area contributed by atoms with Crippen molar-refractivity contribution in [1.29, 1.82) is 0 Å². The van der Waals surface area contributed by atoms with Crippen LogP contribution in [0.1, 0.15) is 18.9 Å². The van der Waals surface area contributed by atoms with Crippen LogP contribution in [0, 0.1) is 0 Å². The minimum absolute atomic E-state index is 0.519. The van der Waals surface area contributed by atoms with Gasteiger partial charge in [-0.1, -0.05) is 19.1 Å². The molecule has 0 heterocycles. The van der Waals surface area contributed by atoms with E-state index in [9.17, 15) is 4.79 Å². The number of aliphatic carboxylic acids is 1. The average molecular weight is 236 g/mol. The summed E-state index contributed by atoms with van der Waals surface area (Å²) in [6, 6.07) is 7.34. The molecule has 0 saturated heterocycles. The van der Waals surface area contributed by atoms with Gasteiger partial charge in [-0.25, -0.2) is 4.79 Å². The molecule has 1 unspecified atom stereocenters. The lowest BCUT2D eigenvalue weighted by atomic mass is 10.1. The number of benzene rings is 1. The van der Waals surface area contributed by atoms with Crippen molar-refractivity contribution in [1.82, 2.24) is 4.90 Å². The Morgan fingerprint density at radius 1 is 1.35 bits per heavy atom. The normalized spacial score (nSPS) is 12.5. The highest BCUT2D eigenvalue weighted by atomic mass is 16.4. The van der Waals surface area contributed by atoms with Gasteiger partial charge < -0.3 is 15.3 Å². The Labute approximate surface area is 102 Å². The number of nitrogens with one attached hydrogen (secondary N) is 1. The predicted molar refractivity (Wildman–Crippen MR) is 69.2 cm³/mol. The lowest BCUT2D eigenvalue weighted by Crippen LogP contribution is -2.28. The van der Waals surface area contributed by atoms with Gasteiger partial charge in [-0.05, 0) is 38.2 Å². The Morgan fingerprint density at radius 2 is 1.94 bits per heavy atom. The van der Waals surface area contributed by atoms with Gasteiger partial charge in [-0.3, -0.25) is 0 Å². The number of carboxylic acids is 1. The van der Waals surface area contributed by atoms with Gasteiger partial charge in [0.05, 0.1) is 0 Å². The van der Waals surface area contributed by atoms with Crippen molar-refractivity contribution in [3.63, 3.8) is 0 Å². The summed E-state index contributed by atoms with van der Waals surface area (Å²) in [5.74, 6) is -0.815. The fourth-order valence-corrected chi connectivity index (χ4v) is 1.61. The van der Waals surface area contributed by atoms with Crippen LogP contribution >= 0.6 is 0 Å². The van der Waals surface area contributed by atoms with Crippen molar-refractivity contribution in [3.05, 3.63) is 29.8 Å². The zero-order valence-corrected chi connectivity index (χ0v) is 10.6. The fraction of sp³-hybridized carbons (Fsp3) is 0.462. The van der Waals surface area contributed by atoms with Crippen molar-refractivity contribution in [3.8, 4) is 0 Å². The predicted octanol–water partition coefficient (Wildman–Crippen LogP) is 2.02. The Bertz CT molecular complexity index is 360. The quantitative estimate of drug-likeness (QED) is 0.793. The first-order valence-corrected chi connectivity index (χ1v) is 5.76. The van der Waals surface area contributed by atoms with E-state index in [0.29, 0.717) is 6.42 Å². The Kier molecular flexibility index (Phi) is 4.97. The van der Waals surface area contributed by atoms with E-state index in [0.717, 1.165) is 12.2 Å². The van der Waals surface area contributed by atoms with Crippen molar-refractivity contribution in [2.45, 2.75) is 25.9 Å². The molecule has 0 saturated carbocycles. The molecule has 0 fully saturated rings. The molecular weight excluding hydrogens is 216 g/mol. The van der Waals surface area contributed by atoms with Gasteiger partial charge in [-0.2, -0.15) is 0 Å². The van der Waals surface area contributed by atoms with Crippen LogP contribution in [-0.2, 0) is 11.3 Å². The second-order valence-corrected chi connectivity index (χ2v) is 4.38. The van der Waals surface area contributed by atoms with Gasteiger partial charge in [0, 0.05) is 12.2 Å². The van der Waals surface area contributed by atoms with Crippen molar-refractivity contribution in [2.75, 3.05) is 19.4 Å². The molecule has 2 N–H and O–H groups in total. The molecule has 4 nitrogen and oxygen atoms in total. The van der Waals surface area contributed by atoms with Gasteiger partial charge >= 0.3 is 5.97 Å². The van der Waals surface area contributed by atoms with Crippen LogP contribution < -0.4 is 5.32 Å². The van der Waals surface area contributed by atoms with Crippen LogP contribution in [0.15, 0.2) is 24.3 Å². The Hall–Kier alpha value is -1.55. The Balaban J connectivity index is 2.64. The summed E-state index contributed by atoms with van der Waals surface area (Å²) in [6.45, 7) is 2.74. The molecule has 0 aliphatic rings. The molecule has 1 aromatic rings. The second kappa shape index (κ2) is 6.25. The van der Waals surface area contributed by atoms with E-state index < -0.39 is 12.0 Å². The zero-order valence-electron chi connectivity index (χ0n) is 10.6. The van der Waals surface area contributed by atoms with Gasteiger partial charge in [0.1, 0.15) is 6.04 Å². The molecule has 94 valence electrons. The maximum Gasteiger partial charge on any atom is 0.326 e. The summed E-state index contributed by atoms with van der Waals surface area (Å²) in [6.07, 6.45) is 0.564. The summed E-state index contributed by atoms with van der Waals surface area (Å²) >= 11 is 0. The van der Waals surface area contributed by atoms with Crippen molar-refractivity contribution >= 4 is 11.7 Å². The smallest absolute Gasteiger partial charge is 0.326 e. The third-order valence-electron chi connectivity index (χ3n) is 2.50. The van der Waals surface area contributed by atoms with E-state index in [1.807, 2.05) is 45.3 Å². The third-order valence-corrected chi connectivity index (χ3v) is 2.50. The number of rotatable bonds is 6. The highest BCUT2D eigenvalue weighted by Crippen LogP contribution is 2.12. The molecule has 1 rings (SSSR count). The summed E-state index contributed by atoms with van der Waals surface area (Å²) in [5, 5.41) is 11.9. The number of hydrogen-bond acceptors (Lipinski definition) is 3. The van der Waals surface area contributed by atoms with Crippen LogP contribution in [0.5, 0.6) is 0 Å². The first kappa shape index (κ1) is 13.5. The van der Waals surface area contributed by atoms with Crippen molar-refractivity contribution < 1.29 is 9.90 Å². The largest absolute Gasteiger partial charge is 0.480 e. The molecule has 0 aliphatic heterocycles. The topological polar surface area (TPSA) is 52.6 Å². The van der Waals surface area contributed by atoms with Crippen LogP contribution in [0.4, 0.5) is 5.69 Å². The molecule has 17 heavy (non-hydrogen) atoms. The lowest BCUT2D eigenvalue weighted by Gasteiger charge is -2.14. The summed E-state index contributed by atoms with van der Waals surface area (Å²) < 4.78 is 0. The fourth-order valence-electron chi connectivity index (χ4n) is 1.61. The third kappa shape index (κ3) is 4.44. The van der Waals surface area contributed by atoms with Crippen LogP contribution in [0.3, 0.4) is 0 Å². The minimum atomic E-state index is -0.815. The van der Waals surface area contributed by atoms with Crippen LogP contribution in [-0.4, -0.2) is 36.1 Å². The molecular formula is C13H20N2O2. The summed E-state index contributed by atoms with van der Waals surface area (Å²) in [5.41, 5.74) is 2.06. The summed E-state index contributed by atoms with van der Waals surface area (Å²) in [4.78, 5) is 13.0. The van der Waals surface area contributed by atoms with E-state index >= 15 is 0 Å². The van der Waals surface area contributed by atoms with E-state index in [-0.39, 0.29) is 0 Å². The number of carboxylic acid groups (broad SMARTS) is 1. The molecule has 0 aliphatic carbocycles. The van der Waals surface area contributed by atoms with Crippen LogP contribution in [0.2, 0.25) is 0 Å². The Morgan fingerprint density at radius 3 is 2.35 bits per heavy atom. The molecule has 0 amide bonds. The van der Waals surface area contributed by atoms with E-state index in [1.54, 1.807) is 0 Å². The highest BCUT2D eigenvalue weighted by Gasteiger charge is 2.13. The summed E-state index contributed by atoms with van der Waals surface area (Å²) in [7, 11) is 4.04. The molecule has 0 bridgehead atoms. The monoisotopic (exact) mass is 236 g/mol.